The molecule has 0 aliphatic carbocycles. The molecule has 124 valence electrons. The van der Waals surface area contributed by atoms with Crippen molar-refractivity contribution in [3.05, 3.63) is 64.5 Å². The Bertz CT molecular complexity index is 802. The maximum Gasteiger partial charge on any atom is 0.241 e. The number of halogens is 1. The summed E-state index contributed by atoms with van der Waals surface area (Å²) in [7, 11) is 3.69. The second-order valence-electron chi connectivity index (χ2n) is 5.54. The van der Waals surface area contributed by atoms with Gasteiger partial charge in [0.2, 0.25) is 11.7 Å². The molecule has 0 aliphatic heterocycles. The van der Waals surface area contributed by atoms with E-state index in [0.29, 0.717) is 18.3 Å². The lowest BCUT2D eigenvalue weighted by Gasteiger charge is -2.14. The van der Waals surface area contributed by atoms with Crippen LogP contribution in [-0.4, -0.2) is 29.2 Å². The first kappa shape index (κ1) is 16.7. The maximum atomic E-state index is 5.37. The van der Waals surface area contributed by atoms with E-state index in [4.69, 9.17) is 9.26 Å². The SMILES string of the molecule is COc1ccc(CN(C)Cc2nc(-c3cccc(Br)c3)no2)cc1. The van der Waals surface area contributed by atoms with Gasteiger partial charge in [-0.2, -0.15) is 4.98 Å². The van der Waals surface area contributed by atoms with Gasteiger partial charge in [-0.05, 0) is 36.9 Å². The van der Waals surface area contributed by atoms with Gasteiger partial charge in [-0.15, -0.1) is 0 Å². The fraction of sp³-hybridized carbons (Fsp3) is 0.222. The van der Waals surface area contributed by atoms with Crippen molar-refractivity contribution < 1.29 is 9.26 Å². The molecular weight excluding hydrogens is 370 g/mol. The summed E-state index contributed by atoms with van der Waals surface area (Å²) in [5.74, 6) is 2.06. The van der Waals surface area contributed by atoms with E-state index in [1.165, 1.54) is 5.56 Å². The summed E-state index contributed by atoms with van der Waals surface area (Å²) in [5, 5.41) is 4.06. The van der Waals surface area contributed by atoms with Crippen LogP contribution in [-0.2, 0) is 13.1 Å². The third-order valence-corrected chi connectivity index (χ3v) is 4.06. The molecule has 5 nitrogen and oxygen atoms in total. The molecule has 3 aromatic rings. The molecule has 1 aromatic heterocycles. The summed E-state index contributed by atoms with van der Waals surface area (Å²) < 4.78 is 11.5. The summed E-state index contributed by atoms with van der Waals surface area (Å²) in [6.07, 6.45) is 0. The Hall–Kier alpha value is -2.18. The van der Waals surface area contributed by atoms with Crippen LogP contribution in [0.4, 0.5) is 0 Å². The first-order valence-corrected chi connectivity index (χ1v) is 8.33. The number of methoxy groups -OCH3 is 1. The van der Waals surface area contributed by atoms with Crippen molar-refractivity contribution in [3.8, 4) is 17.1 Å². The third kappa shape index (κ3) is 4.21. The molecule has 0 radical (unpaired) electrons. The normalized spacial score (nSPS) is 11.0. The molecule has 2 aromatic carbocycles. The van der Waals surface area contributed by atoms with E-state index < -0.39 is 0 Å². The van der Waals surface area contributed by atoms with Gasteiger partial charge in [0.25, 0.3) is 0 Å². The predicted octanol–water partition coefficient (Wildman–Crippen LogP) is 4.14. The number of hydrogen-bond acceptors (Lipinski definition) is 5. The molecule has 0 fully saturated rings. The monoisotopic (exact) mass is 387 g/mol. The van der Waals surface area contributed by atoms with Gasteiger partial charge < -0.3 is 9.26 Å². The Morgan fingerprint density at radius 1 is 1.12 bits per heavy atom. The summed E-state index contributed by atoms with van der Waals surface area (Å²) in [6.45, 7) is 1.38. The van der Waals surface area contributed by atoms with Crippen LogP contribution >= 0.6 is 15.9 Å². The highest BCUT2D eigenvalue weighted by Gasteiger charge is 2.11. The smallest absolute Gasteiger partial charge is 0.241 e. The zero-order valence-electron chi connectivity index (χ0n) is 13.6. The van der Waals surface area contributed by atoms with Gasteiger partial charge in [0.15, 0.2) is 0 Å². The van der Waals surface area contributed by atoms with Crippen molar-refractivity contribution in [2.75, 3.05) is 14.2 Å². The Labute approximate surface area is 149 Å². The van der Waals surface area contributed by atoms with Crippen molar-refractivity contribution >= 4 is 15.9 Å². The molecule has 0 spiro atoms. The van der Waals surface area contributed by atoms with Crippen molar-refractivity contribution in [3.63, 3.8) is 0 Å². The Morgan fingerprint density at radius 2 is 1.92 bits per heavy atom. The molecule has 0 atom stereocenters. The maximum absolute atomic E-state index is 5.37. The number of benzene rings is 2. The summed E-state index contributed by atoms with van der Waals surface area (Å²) in [6, 6.07) is 15.9. The van der Waals surface area contributed by atoms with Gasteiger partial charge in [0, 0.05) is 16.6 Å². The van der Waals surface area contributed by atoms with Crippen LogP contribution in [0.15, 0.2) is 57.5 Å². The molecule has 0 N–H and O–H groups in total. The Balaban J connectivity index is 1.63. The molecule has 0 amide bonds. The van der Waals surface area contributed by atoms with Crippen molar-refractivity contribution in [1.82, 2.24) is 15.0 Å². The largest absolute Gasteiger partial charge is 0.497 e. The highest BCUT2D eigenvalue weighted by Crippen LogP contribution is 2.21. The first-order valence-electron chi connectivity index (χ1n) is 7.54. The van der Waals surface area contributed by atoms with Gasteiger partial charge >= 0.3 is 0 Å². The molecule has 6 heteroatoms. The van der Waals surface area contributed by atoms with Crippen LogP contribution in [0.5, 0.6) is 5.75 Å². The highest BCUT2D eigenvalue weighted by atomic mass is 79.9. The van der Waals surface area contributed by atoms with E-state index in [0.717, 1.165) is 22.3 Å². The summed E-state index contributed by atoms with van der Waals surface area (Å²) in [5.41, 5.74) is 2.13. The van der Waals surface area contributed by atoms with Gasteiger partial charge in [0.05, 0.1) is 13.7 Å². The fourth-order valence-electron chi connectivity index (χ4n) is 2.39. The molecular formula is C18H18BrN3O2. The molecule has 1 heterocycles. The van der Waals surface area contributed by atoms with Crippen LogP contribution in [0, 0.1) is 0 Å². The van der Waals surface area contributed by atoms with E-state index >= 15 is 0 Å². The average molecular weight is 388 g/mol. The Kier molecular flexibility index (Phi) is 5.27. The quantitative estimate of drug-likeness (QED) is 0.635. The van der Waals surface area contributed by atoms with E-state index in [1.54, 1.807) is 7.11 Å². The van der Waals surface area contributed by atoms with Crippen molar-refractivity contribution in [1.29, 1.82) is 0 Å². The number of aromatic nitrogens is 2. The standard InChI is InChI=1S/C18H18BrN3O2/c1-22(11-13-6-8-16(23-2)9-7-13)12-17-20-18(21-24-17)14-4-3-5-15(19)10-14/h3-10H,11-12H2,1-2H3. The zero-order valence-corrected chi connectivity index (χ0v) is 15.2. The lowest BCUT2D eigenvalue weighted by Crippen LogP contribution is -2.17. The average Bonchev–Trinajstić information content (AvgIpc) is 3.04. The van der Waals surface area contributed by atoms with Crippen LogP contribution in [0.2, 0.25) is 0 Å². The molecule has 0 saturated heterocycles. The third-order valence-electron chi connectivity index (χ3n) is 3.57. The summed E-state index contributed by atoms with van der Waals surface area (Å²) in [4.78, 5) is 6.60. The molecule has 0 aliphatic rings. The van der Waals surface area contributed by atoms with Gasteiger partial charge in [0.1, 0.15) is 5.75 Å². The first-order chi connectivity index (χ1) is 11.6. The van der Waals surface area contributed by atoms with E-state index in [2.05, 4.69) is 43.1 Å². The fourth-order valence-corrected chi connectivity index (χ4v) is 2.79. The highest BCUT2D eigenvalue weighted by molar-refractivity contribution is 9.10. The number of rotatable bonds is 6. The second kappa shape index (κ2) is 7.59. The number of hydrogen-bond donors (Lipinski definition) is 0. The minimum atomic E-state index is 0.590. The van der Waals surface area contributed by atoms with Crippen molar-refractivity contribution in [2.24, 2.45) is 0 Å². The predicted molar refractivity (Wildman–Crippen MR) is 95.6 cm³/mol. The molecule has 24 heavy (non-hydrogen) atoms. The number of nitrogens with zero attached hydrogens (tertiary/aromatic N) is 3. The minimum Gasteiger partial charge on any atom is -0.497 e. The lowest BCUT2D eigenvalue weighted by molar-refractivity contribution is 0.261. The van der Waals surface area contributed by atoms with E-state index in [1.807, 2.05) is 43.4 Å². The molecule has 0 unspecified atom stereocenters. The Morgan fingerprint density at radius 3 is 2.62 bits per heavy atom. The van der Waals surface area contributed by atoms with E-state index in [-0.39, 0.29) is 0 Å². The van der Waals surface area contributed by atoms with Gasteiger partial charge in [-0.1, -0.05) is 45.4 Å². The van der Waals surface area contributed by atoms with Gasteiger partial charge in [-0.25, -0.2) is 0 Å². The minimum absolute atomic E-state index is 0.590. The van der Waals surface area contributed by atoms with Gasteiger partial charge in [-0.3, -0.25) is 4.90 Å². The molecule has 0 bridgehead atoms. The molecule has 3 rings (SSSR count). The topological polar surface area (TPSA) is 51.4 Å². The number of ether oxygens (including phenoxy) is 1. The van der Waals surface area contributed by atoms with Crippen LogP contribution in [0.25, 0.3) is 11.4 Å². The molecule has 0 saturated carbocycles. The summed E-state index contributed by atoms with van der Waals surface area (Å²) >= 11 is 3.45. The van der Waals surface area contributed by atoms with E-state index in [9.17, 15) is 0 Å². The van der Waals surface area contributed by atoms with Crippen LogP contribution in [0.1, 0.15) is 11.5 Å². The van der Waals surface area contributed by atoms with Crippen LogP contribution in [0.3, 0.4) is 0 Å². The zero-order chi connectivity index (χ0) is 16.9. The van der Waals surface area contributed by atoms with Crippen molar-refractivity contribution in [2.45, 2.75) is 13.1 Å². The lowest BCUT2D eigenvalue weighted by atomic mass is 10.2. The second-order valence-corrected chi connectivity index (χ2v) is 6.46. The van der Waals surface area contributed by atoms with Crippen LogP contribution < -0.4 is 4.74 Å².